The van der Waals surface area contributed by atoms with Crippen LogP contribution < -0.4 is 4.74 Å². The Morgan fingerprint density at radius 3 is 2.54 bits per heavy atom. The summed E-state index contributed by atoms with van der Waals surface area (Å²) in [6.45, 7) is 5.63. The van der Waals surface area contributed by atoms with Crippen molar-refractivity contribution in [2.24, 2.45) is 5.92 Å². The summed E-state index contributed by atoms with van der Waals surface area (Å²) in [5, 5.41) is 0. The van der Waals surface area contributed by atoms with Crippen LogP contribution in [-0.4, -0.2) is 36.4 Å². The molecule has 0 aromatic carbocycles. The molecule has 5 heteroatoms. The Morgan fingerprint density at radius 2 is 1.96 bits per heavy atom. The number of carbonyl (C=O) groups is 1. The highest BCUT2D eigenvalue weighted by Gasteiger charge is 2.40. The van der Waals surface area contributed by atoms with Gasteiger partial charge in [-0.15, -0.1) is 0 Å². The maximum atomic E-state index is 12.4. The van der Waals surface area contributed by atoms with Gasteiger partial charge in [-0.1, -0.05) is 26.7 Å². The van der Waals surface area contributed by atoms with Gasteiger partial charge in [0.1, 0.15) is 18.1 Å². The smallest absolute Gasteiger partial charge is 0.162 e. The Hall–Kier alpha value is -1.46. The molecule has 1 unspecified atom stereocenters. The second-order valence-corrected chi connectivity index (χ2v) is 7.54. The summed E-state index contributed by atoms with van der Waals surface area (Å²) >= 11 is 0. The second-order valence-electron chi connectivity index (χ2n) is 7.54. The molecule has 1 heterocycles. The summed E-state index contributed by atoms with van der Waals surface area (Å²) in [5.74, 6) is 0.819. The molecule has 2 rings (SSSR count). The van der Waals surface area contributed by atoms with Crippen molar-refractivity contribution in [1.82, 2.24) is 4.98 Å². The molecule has 0 amide bonds. The van der Waals surface area contributed by atoms with E-state index in [1.165, 1.54) is 25.7 Å². The zero-order chi connectivity index (χ0) is 19.0. The van der Waals surface area contributed by atoms with Gasteiger partial charge in [-0.25, -0.2) is 0 Å². The Kier molecular flexibility index (Phi) is 8.04. The molecule has 0 saturated heterocycles. The zero-order valence-electron chi connectivity index (χ0n) is 16.6. The van der Waals surface area contributed by atoms with Crippen LogP contribution in [0.15, 0.2) is 18.3 Å². The molecular weight excluding hydrogens is 330 g/mol. The summed E-state index contributed by atoms with van der Waals surface area (Å²) in [7, 11) is 1.56. The topological polar surface area (TPSA) is 57.6 Å². The molecule has 5 nitrogen and oxygen atoms in total. The van der Waals surface area contributed by atoms with Crippen LogP contribution in [0.4, 0.5) is 0 Å². The van der Waals surface area contributed by atoms with Gasteiger partial charge in [0, 0.05) is 31.5 Å². The highest BCUT2D eigenvalue weighted by atomic mass is 16.7. The lowest BCUT2D eigenvalue weighted by Gasteiger charge is -2.34. The van der Waals surface area contributed by atoms with Gasteiger partial charge in [-0.3, -0.25) is 9.78 Å². The van der Waals surface area contributed by atoms with Crippen LogP contribution in [0.1, 0.15) is 65.0 Å². The van der Waals surface area contributed by atoms with Crippen LogP contribution in [0.3, 0.4) is 0 Å². The predicted molar refractivity (Wildman–Crippen MR) is 101 cm³/mol. The Morgan fingerprint density at radius 1 is 1.27 bits per heavy atom. The first-order chi connectivity index (χ1) is 12.5. The largest absolute Gasteiger partial charge is 0.490 e. The Balaban J connectivity index is 2.14. The first-order valence-corrected chi connectivity index (χ1v) is 9.73. The van der Waals surface area contributed by atoms with Crippen molar-refractivity contribution in [3.63, 3.8) is 0 Å². The van der Waals surface area contributed by atoms with E-state index in [9.17, 15) is 4.79 Å². The maximum absolute atomic E-state index is 12.4. The lowest BCUT2D eigenvalue weighted by atomic mass is 9.82. The van der Waals surface area contributed by atoms with E-state index < -0.39 is 5.60 Å². The van der Waals surface area contributed by atoms with Crippen molar-refractivity contribution in [2.75, 3.05) is 13.9 Å². The van der Waals surface area contributed by atoms with Gasteiger partial charge in [-0.2, -0.15) is 0 Å². The number of Topliss-reactive ketones (excluding diaryl/α,β-unsaturated/α-hetero) is 1. The number of aromatic nitrogens is 1. The van der Waals surface area contributed by atoms with Crippen LogP contribution >= 0.6 is 0 Å². The number of ketones is 1. The first-order valence-electron chi connectivity index (χ1n) is 9.73. The van der Waals surface area contributed by atoms with Gasteiger partial charge in [0.15, 0.2) is 5.78 Å². The summed E-state index contributed by atoms with van der Waals surface area (Å²) in [5.41, 5.74) is -0.139. The molecule has 0 aliphatic heterocycles. The monoisotopic (exact) mass is 363 g/mol. The molecule has 1 aromatic rings. The zero-order valence-corrected chi connectivity index (χ0v) is 16.6. The van der Waals surface area contributed by atoms with Crippen molar-refractivity contribution in [3.8, 4) is 5.75 Å². The maximum Gasteiger partial charge on any atom is 0.162 e. The molecule has 0 bridgehead atoms. The van der Waals surface area contributed by atoms with E-state index in [4.69, 9.17) is 14.2 Å². The van der Waals surface area contributed by atoms with Crippen LogP contribution in [0, 0.1) is 5.92 Å². The van der Waals surface area contributed by atoms with E-state index >= 15 is 0 Å². The van der Waals surface area contributed by atoms with Crippen LogP contribution in [0.25, 0.3) is 0 Å². The number of rotatable bonds is 9. The average molecular weight is 363 g/mol. The molecule has 1 aliphatic carbocycles. The van der Waals surface area contributed by atoms with Gasteiger partial charge in [0.2, 0.25) is 0 Å². The third-order valence-electron chi connectivity index (χ3n) is 5.30. The molecule has 1 aliphatic rings. The van der Waals surface area contributed by atoms with Gasteiger partial charge in [0.25, 0.3) is 0 Å². The normalized spacial score (nSPS) is 18.3. The highest BCUT2D eigenvalue weighted by Crippen LogP contribution is 2.29. The van der Waals surface area contributed by atoms with Crippen molar-refractivity contribution < 1.29 is 19.0 Å². The molecule has 0 N–H and O–H groups in total. The van der Waals surface area contributed by atoms with Gasteiger partial charge in [0.05, 0.1) is 6.10 Å². The molecule has 146 valence electrons. The van der Waals surface area contributed by atoms with Crippen LogP contribution in [0.2, 0.25) is 0 Å². The van der Waals surface area contributed by atoms with Crippen LogP contribution in [0.5, 0.6) is 5.75 Å². The van der Waals surface area contributed by atoms with Gasteiger partial charge in [-0.05, 0) is 44.6 Å². The van der Waals surface area contributed by atoms with Crippen LogP contribution in [-0.2, 0) is 20.7 Å². The molecule has 1 fully saturated rings. The van der Waals surface area contributed by atoms with Gasteiger partial charge >= 0.3 is 0 Å². The quantitative estimate of drug-likeness (QED) is 0.483. The Labute approximate surface area is 157 Å². The van der Waals surface area contributed by atoms with Crippen molar-refractivity contribution in [3.05, 3.63) is 24.0 Å². The lowest BCUT2D eigenvalue weighted by Crippen LogP contribution is -2.48. The van der Waals surface area contributed by atoms with E-state index in [1.807, 2.05) is 26.0 Å². The minimum atomic E-state index is -0.941. The minimum absolute atomic E-state index is 0.00313. The number of hydrogen-bond acceptors (Lipinski definition) is 5. The van der Waals surface area contributed by atoms with E-state index in [0.29, 0.717) is 6.42 Å². The molecular formula is C21H33NO4. The number of hydrogen-bond donors (Lipinski definition) is 0. The molecule has 26 heavy (non-hydrogen) atoms. The fourth-order valence-corrected chi connectivity index (χ4v) is 3.67. The van der Waals surface area contributed by atoms with Crippen molar-refractivity contribution in [2.45, 2.75) is 77.4 Å². The third-order valence-corrected chi connectivity index (χ3v) is 5.30. The number of pyridine rings is 1. The van der Waals surface area contributed by atoms with Crippen molar-refractivity contribution >= 4 is 5.78 Å². The fraction of sp³-hybridized carbons (Fsp3) is 0.714. The van der Waals surface area contributed by atoms with Gasteiger partial charge < -0.3 is 14.2 Å². The third kappa shape index (κ3) is 5.52. The molecule has 1 aromatic heterocycles. The van der Waals surface area contributed by atoms with E-state index in [-0.39, 0.29) is 24.6 Å². The summed E-state index contributed by atoms with van der Waals surface area (Å²) in [6, 6.07) is 3.84. The lowest BCUT2D eigenvalue weighted by molar-refractivity contribution is -0.171. The standard InChI is InChI=1S/C21H33NO4/c1-16(2)21(17(3)23,25-15-24-4)14-18-13-20(11-12-22-18)26-19-9-7-5-6-8-10-19/h11-13,16,19H,5-10,14-15H2,1-4H3. The van der Waals surface area contributed by atoms with Crippen molar-refractivity contribution in [1.29, 1.82) is 0 Å². The molecule has 0 radical (unpaired) electrons. The number of ether oxygens (including phenoxy) is 3. The van der Waals surface area contributed by atoms with E-state index in [2.05, 4.69) is 4.98 Å². The van der Waals surface area contributed by atoms with E-state index in [0.717, 1.165) is 24.3 Å². The Bertz CT molecular complexity index is 567. The predicted octanol–water partition coefficient (Wildman–Crippen LogP) is 4.33. The van der Waals surface area contributed by atoms with E-state index in [1.54, 1.807) is 20.2 Å². The summed E-state index contributed by atoms with van der Waals surface area (Å²) in [6.07, 6.45) is 9.72. The molecule has 1 atom stereocenters. The fourth-order valence-electron chi connectivity index (χ4n) is 3.67. The first kappa shape index (κ1) is 20.8. The number of methoxy groups -OCH3 is 1. The SMILES string of the molecule is COCOC(Cc1cc(OC2CCCCCC2)ccn1)(C(C)=O)C(C)C. The summed E-state index contributed by atoms with van der Waals surface area (Å²) < 4.78 is 17.1. The molecule has 1 saturated carbocycles. The number of carbonyl (C=O) groups excluding carboxylic acids is 1. The minimum Gasteiger partial charge on any atom is -0.490 e. The summed E-state index contributed by atoms with van der Waals surface area (Å²) in [4.78, 5) is 16.9. The highest BCUT2D eigenvalue weighted by molar-refractivity contribution is 5.85. The average Bonchev–Trinajstić information content (AvgIpc) is 2.87. The number of nitrogens with zero attached hydrogens (tertiary/aromatic N) is 1. The second kappa shape index (κ2) is 10.0. The molecule has 0 spiro atoms.